The third-order valence-corrected chi connectivity index (χ3v) is 4.94. The number of piperazine rings is 1. The fraction of sp³-hybridized carbons (Fsp3) is 0.450. The summed E-state index contributed by atoms with van der Waals surface area (Å²) in [5.41, 5.74) is 2.09. The number of benzene rings is 1. The minimum atomic E-state index is -0.0331. The summed E-state index contributed by atoms with van der Waals surface area (Å²) in [5, 5.41) is 2.97. The first-order valence-electron chi connectivity index (χ1n) is 9.09. The lowest BCUT2D eigenvalue weighted by Gasteiger charge is -2.35. The lowest BCUT2D eigenvalue weighted by Crippen LogP contribution is -2.51. The van der Waals surface area contributed by atoms with Crippen molar-refractivity contribution in [2.24, 2.45) is 0 Å². The number of aryl methyl sites for hydroxylation is 1. The van der Waals surface area contributed by atoms with Gasteiger partial charge < -0.3 is 24.1 Å². The zero-order valence-corrected chi connectivity index (χ0v) is 16.2. The number of furan rings is 1. The molecule has 0 bridgehead atoms. The molecule has 2 heterocycles. The second kappa shape index (κ2) is 8.81. The smallest absolute Gasteiger partial charge is 0.317 e. The normalized spacial score (nSPS) is 14.9. The van der Waals surface area contributed by atoms with Crippen LogP contribution in [-0.2, 0) is 13.1 Å². The summed E-state index contributed by atoms with van der Waals surface area (Å²) in [6.07, 6.45) is 1.64. The van der Waals surface area contributed by atoms with Gasteiger partial charge >= 0.3 is 6.03 Å². The number of hydrogen-bond donors (Lipinski definition) is 1. The molecule has 0 radical (unpaired) electrons. The van der Waals surface area contributed by atoms with Crippen LogP contribution >= 0.6 is 0 Å². The number of methoxy groups -OCH3 is 2. The molecule has 2 aromatic rings. The third kappa shape index (κ3) is 4.74. The van der Waals surface area contributed by atoms with Crippen LogP contribution in [0.5, 0.6) is 11.5 Å². The van der Waals surface area contributed by atoms with Crippen molar-refractivity contribution < 1.29 is 18.7 Å². The van der Waals surface area contributed by atoms with Crippen LogP contribution in [0, 0.1) is 6.92 Å². The molecule has 1 aliphatic heterocycles. The fourth-order valence-corrected chi connectivity index (χ4v) is 3.23. The summed E-state index contributed by atoms with van der Waals surface area (Å²) in [5.74, 6) is 2.51. The second-order valence-electron chi connectivity index (χ2n) is 6.60. The Morgan fingerprint density at radius 3 is 2.52 bits per heavy atom. The molecule has 7 nitrogen and oxygen atoms in total. The quantitative estimate of drug-likeness (QED) is 0.843. The first kappa shape index (κ1) is 19.1. The van der Waals surface area contributed by atoms with Gasteiger partial charge in [-0.05, 0) is 31.2 Å². The standard InChI is InChI=1S/C20H27N3O4/c1-15-16(6-11-27-15)13-21-20(24)23-9-7-22(8-10-23)14-17-12-18(25-2)4-5-19(17)26-3/h4-6,11-12H,7-10,13-14H2,1-3H3,(H,21,24). The van der Waals surface area contributed by atoms with Crippen LogP contribution in [0.1, 0.15) is 16.9 Å². The highest BCUT2D eigenvalue weighted by atomic mass is 16.5. The number of carbonyl (C=O) groups excluding carboxylic acids is 1. The number of amides is 2. The van der Waals surface area contributed by atoms with Gasteiger partial charge in [0.05, 0.1) is 20.5 Å². The van der Waals surface area contributed by atoms with Crippen LogP contribution in [0.3, 0.4) is 0 Å². The number of carbonyl (C=O) groups is 1. The number of hydrogen-bond acceptors (Lipinski definition) is 5. The van der Waals surface area contributed by atoms with E-state index in [1.165, 1.54) is 0 Å². The number of urea groups is 1. The topological polar surface area (TPSA) is 67.2 Å². The van der Waals surface area contributed by atoms with Crippen LogP contribution in [0.2, 0.25) is 0 Å². The summed E-state index contributed by atoms with van der Waals surface area (Å²) in [6.45, 7) is 6.18. The molecule has 1 fully saturated rings. The molecule has 146 valence electrons. The Morgan fingerprint density at radius 2 is 1.89 bits per heavy atom. The van der Waals surface area contributed by atoms with E-state index >= 15 is 0 Å². The minimum Gasteiger partial charge on any atom is -0.497 e. The van der Waals surface area contributed by atoms with Gasteiger partial charge in [-0.3, -0.25) is 4.90 Å². The largest absolute Gasteiger partial charge is 0.497 e. The molecule has 27 heavy (non-hydrogen) atoms. The van der Waals surface area contributed by atoms with E-state index < -0.39 is 0 Å². The minimum absolute atomic E-state index is 0.0331. The summed E-state index contributed by atoms with van der Waals surface area (Å²) in [7, 11) is 3.34. The maximum Gasteiger partial charge on any atom is 0.317 e. The number of ether oxygens (including phenoxy) is 2. The molecule has 0 atom stereocenters. The molecule has 1 aromatic carbocycles. The highest BCUT2D eigenvalue weighted by Crippen LogP contribution is 2.25. The molecule has 0 saturated carbocycles. The summed E-state index contributed by atoms with van der Waals surface area (Å²) < 4.78 is 16.0. The lowest BCUT2D eigenvalue weighted by molar-refractivity contribution is 0.134. The maximum absolute atomic E-state index is 12.4. The third-order valence-electron chi connectivity index (χ3n) is 4.94. The van der Waals surface area contributed by atoms with Crippen molar-refractivity contribution in [3.63, 3.8) is 0 Å². The van der Waals surface area contributed by atoms with E-state index in [0.29, 0.717) is 19.6 Å². The van der Waals surface area contributed by atoms with Crippen molar-refractivity contribution in [3.8, 4) is 11.5 Å². The Hall–Kier alpha value is -2.67. The predicted molar refractivity (Wildman–Crippen MR) is 102 cm³/mol. The molecule has 1 saturated heterocycles. The monoisotopic (exact) mass is 373 g/mol. The average Bonchev–Trinajstić information content (AvgIpc) is 3.11. The van der Waals surface area contributed by atoms with Gasteiger partial charge in [0.25, 0.3) is 0 Å². The Bertz CT molecular complexity index is 766. The van der Waals surface area contributed by atoms with Crippen molar-refractivity contribution in [2.75, 3.05) is 40.4 Å². The predicted octanol–water partition coefficient (Wildman–Crippen LogP) is 2.63. The second-order valence-corrected chi connectivity index (χ2v) is 6.60. The molecule has 1 aliphatic rings. The summed E-state index contributed by atoms with van der Waals surface area (Å²) >= 11 is 0. The van der Waals surface area contributed by atoms with Crippen molar-refractivity contribution in [1.29, 1.82) is 0 Å². The molecule has 2 amide bonds. The zero-order chi connectivity index (χ0) is 19.2. The Balaban J connectivity index is 1.50. The number of nitrogens with one attached hydrogen (secondary N) is 1. The summed E-state index contributed by atoms with van der Waals surface area (Å²) in [6, 6.07) is 7.68. The van der Waals surface area contributed by atoms with Crippen molar-refractivity contribution in [2.45, 2.75) is 20.0 Å². The molecule has 0 aliphatic carbocycles. The molecule has 1 N–H and O–H groups in total. The van der Waals surface area contributed by atoms with Gasteiger partial charge in [0.2, 0.25) is 0 Å². The Morgan fingerprint density at radius 1 is 1.11 bits per heavy atom. The summed E-state index contributed by atoms with van der Waals surface area (Å²) in [4.78, 5) is 16.6. The van der Waals surface area contributed by atoms with Crippen LogP contribution in [0.15, 0.2) is 34.9 Å². The van der Waals surface area contributed by atoms with Crippen LogP contribution < -0.4 is 14.8 Å². The Kier molecular flexibility index (Phi) is 6.24. The van der Waals surface area contributed by atoms with Gasteiger partial charge in [-0.1, -0.05) is 0 Å². The zero-order valence-electron chi connectivity index (χ0n) is 16.2. The van der Waals surface area contributed by atoms with E-state index in [2.05, 4.69) is 10.2 Å². The molecular formula is C20H27N3O4. The van der Waals surface area contributed by atoms with E-state index in [-0.39, 0.29) is 6.03 Å². The average molecular weight is 373 g/mol. The number of rotatable bonds is 6. The van der Waals surface area contributed by atoms with Gasteiger partial charge in [0.15, 0.2) is 0 Å². The van der Waals surface area contributed by atoms with Crippen molar-refractivity contribution in [3.05, 3.63) is 47.4 Å². The van der Waals surface area contributed by atoms with E-state index in [0.717, 1.165) is 48.0 Å². The highest BCUT2D eigenvalue weighted by Gasteiger charge is 2.22. The van der Waals surface area contributed by atoms with E-state index in [1.54, 1.807) is 20.5 Å². The number of nitrogens with zero attached hydrogens (tertiary/aromatic N) is 2. The van der Waals surface area contributed by atoms with Crippen molar-refractivity contribution in [1.82, 2.24) is 15.1 Å². The first-order chi connectivity index (χ1) is 13.1. The van der Waals surface area contributed by atoms with E-state index in [4.69, 9.17) is 13.9 Å². The molecule has 0 spiro atoms. The highest BCUT2D eigenvalue weighted by molar-refractivity contribution is 5.74. The van der Waals surface area contributed by atoms with Gasteiger partial charge in [-0.2, -0.15) is 0 Å². The van der Waals surface area contributed by atoms with Crippen LogP contribution in [0.25, 0.3) is 0 Å². The van der Waals surface area contributed by atoms with Crippen LogP contribution in [-0.4, -0.2) is 56.2 Å². The molecule has 1 aromatic heterocycles. The Labute approximate surface area is 159 Å². The van der Waals surface area contributed by atoms with Crippen molar-refractivity contribution >= 4 is 6.03 Å². The van der Waals surface area contributed by atoms with Crippen LogP contribution in [0.4, 0.5) is 4.79 Å². The fourth-order valence-electron chi connectivity index (χ4n) is 3.23. The first-order valence-corrected chi connectivity index (χ1v) is 9.09. The van der Waals surface area contributed by atoms with E-state index in [9.17, 15) is 4.79 Å². The molecular weight excluding hydrogens is 346 g/mol. The maximum atomic E-state index is 12.4. The van der Waals surface area contributed by atoms with Gasteiger partial charge in [-0.15, -0.1) is 0 Å². The van der Waals surface area contributed by atoms with Gasteiger partial charge in [-0.25, -0.2) is 4.79 Å². The van der Waals surface area contributed by atoms with Gasteiger partial charge in [0, 0.05) is 50.4 Å². The molecule has 0 unspecified atom stereocenters. The SMILES string of the molecule is COc1ccc(OC)c(CN2CCN(C(=O)NCc3ccoc3C)CC2)c1. The molecule has 3 rings (SSSR count). The van der Waals surface area contributed by atoms with E-state index in [1.807, 2.05) is 36.1 Å². The van der Waals surface area contributed by atoms with Gasteiger partial charge in [0.1, 0.15) is 17.3 Å². The molecule has 7 heteroatoms. The lowest BCUT2D eigenvalue weighted by atomic mass is 10.1.